The number of aryl methyl sites for hydroxylation is 1. The fraction of sp³-hybridized carbons (Fsp3) is 0.333. The molecule has 1 aliphatic rings. The van der Waals surface area contributed by atoms with Crippen molar-refractivity contribution in [1.82, 2.24) is 9.78 Å². The van der Waals surface area contributed by atoms with Gasteiger partial charge in [-0.05, 0) is 15.9 Å². The normalized spacial score (nSPS) is 15.9. The van der Waals surface area contributed by atoms with Gasteiger partial charge in [0.15, 0.2) is 5.78 Å². The molecule has 1 aliphatic heterocycles. The van der Waals surface area contributed by atoms with Gasteiger partial charge in [-0.1, -0.05) is 0 Å². The summed E-state index contributed by atoms with van der Waals surface area (Å²) in [5.74, 6) is 0.185. The standard InChI is InChI=1S/C6H5BrN2O/c7-4-3-8-9-2-1-5(10)6(4)9/h3H,1-2H2. The van der Waals surface area contributed by atoms with Crippen molar-refractivity contribution < 1.29 is 4.79 Å². The first-order chi connectivity index (χ1) is 4.79. The molecular weight excluding hydrogens is 196 g/mol. The van der Waals surface area contributed by atoms with Crippen LogP contribution in [0.3, 0.4) is 0 Å². The summed E-state index contributed by atoms with van der Waals surface area (Å²) < 4.78 is 2.54. The quantitative estimate of drug-likeness (QED) is 0.632. The minimum atomic E-state index is 0.185. The SMILES string of the molecule is O=C1CCn2ncc(Br)c21. The lowest BCUT2D eigenvalue weighted by Gasteiger charge is -1.88. The molecule has 2 heterocycles. The number of fused-ring (bicyclic) bond motifs is 1. The number of hydrogen-bond acceptors (Lipinski definition) is 2. The summed E-state index contributed by atoms with van der Waals surface area (Å²) in [6.07, 6.45) is 2.26. The van der Waals surface area contributed by atoms with Crippen molar-refractivity contribution in [3.05, 3.63) is 16.4 Å². The number of ketones is 1. The molecule has 0 fully saturated rings. The van der Waals surface area contributed by atoms with Crippen LogP contribution in [0.15, 0.2) is 10.7 Å². The van der Waals surface area contributed by atoms with Crippen molar-refractivity contribution in [1.29, 1.82) is 0 Å². The number of halogens is 1. The predicted octanol–water partition coefficient (Wildman–Crippen LogP) is 1.23. The van der Waals surface area contributed by atoms with E-state index in [4.69, 9.17) is 0 Å². The summed E-state index contributed by atoms with van der Waals surface area (Å²) in [6.45, 7) is 0.736. The van der Waals surface area contributed by atoms with E-state index >= 15 is 0 Å². The fourth-order valence-electron chi connectivity index (χ4n) is 1.14. The third kappa shape index (κ3) is 0.653. The number of Topliss-reactive ketones (excluding diaryl/α,β-unsaturated/α-hetero) is 1. The molecule has 52 valence electrons. The van der Waals surface area contributed by atoms with Crippen molar-refractivity contribution in [2.45, 2.75) is 13.0 Å². The summed E-state index contributed by atoms with van der Waals surface area (Å²) >= 11 is 3.25. The van der Waals surface area contributed by atoms with Crippen LogP contribution in [0.1, 0.15) is 16.9 Å². The summed E-state index contributed by atoms with van der Waals surface area (Å²) in [4.78, 5) is 11.1. The van der Waals surface area contributed by atoms with E-state index in [1.807, 2.05) is 0 Å². The monoisotopic (exact) mass is 200 g/mol. The lowest BCUT2D eigenvalue weighted by molar-refractivity contribution is 0.0994. The maximum Gasteiger partial charge on any atom is 0.183 e. The van der Waals surface area contributed by atoms with E-state index in [0.29, 0.717) is 6.42 Å². The Balaban J connectivity index is 2.65. The van der Waals surface area contributed by atoms with Gasteiger partial charge in [0.25, 0.3) is 0 Å². The van der Waals surface area contributed by atoms with Crippen LogP contribution in [0.2, 0.25) is 0 Å². The number of nitrogens with zero attached hydrogens (tertiary/aromatic N) is 2. The molecule has 0 spiro atoms. The Kier molecular flexibility index (Phi) is 1.17. The van der Waals surface area contributed by atoms with E-state index in [2.05, 4.69) is 21.0 Å². The molecule has 0 N–H and O–H groups in total. The Hall–Kier alpha value is -0.640. The van der Waals surface area contributed by atoms with Gasteiger partial charge in [-0.3, -0.25) is 9.48 Å². The van der Waals surface area contributed by atoms with Gasteiger partial charge in [-0.2, -0.15) is 5.10 Å². The molecule has 0 saturated heterocycles. The smallest absolute Gasteiger partial charge is 0.183 e. The lowest BCUT2D eigenvalue weighted by atomic mass is 10.3. The van der Waals surface area contributed by atoms with Crippen LogP contribution in [0.4, 0.5) is 0 Å². The highest BCUT2D eigenvalue weighted by atomic mass is 79.9. The average Bonchev–Trinajstić information content (AvgIpc) is 2.40. The second-order valence-electron chi connectivity index (χ2n) is 2.24. The van der Waals surface area contributed by atoms with Crippen molar-refractivity contribution in [3.8, 4) is 0 Å². The van der Waals surface area contributed by atoms with E-state index < -0.39 is 0 Å². The van der Waals surface area contributed by atoms with Crippen molar-refractivity contribution in [2.24, 2.45) is 0 Å². The van der Waals surface area contributed by atoms with Crippen LogP contribution < -0.4 is 0 Å². The summed E-state index contributed by atoms with van der Waals surface area (Å²) in [5.41, 5.74) is 0.722. The Labute approximate surface area is 66.2 Å². The third-order valence-corrected chi connectivity index (χ3v) is 2.19. The molecule has 0 radical (unpaired) electrons. The zero-order valence-electron chi connectivity index (χ0n) is 5.17. The van der Waals surface area contributed by atoms with E-state index in [1.165, 1.54) is 0 Å². The zero-order chi connectivity index (χ0) is 7.14. The maximum atomic E-state index is 11.1. The van der Waals surface area contributed by atoms with Crippen LogP contribution in [0, 0.1) is 0 Å². The lowest BCUT2D eigenvalue weighted by Crippen LogP contribution is -1.94. The molecule has 1 aromatic heterocycles. The number of carbonyl (C=O) groups is 1. The van der Waals surface area contributed by atoms with E-state index in [-0.39, 0.29) is 5.78 Å². The van der Waals surface area contributed by atoms with E-state index in [9.17, 15) is 4.79 Å². The number of rotatable bonds is 0. The summed E-state index contributed by atoms with van der Waals surface area (Å²) in [7, 11) is 0. The Bertz CT molecular complexity index is 292. The highest BCUT2D eigenvalue weighted by molar-refractivity contribution is 9.10. The molecule has 0 aromatic carbocycles. The van der Waals surface area contributed by atoms with E-state index in [0.717, 1.165) is 16.7 Å². The Morgan fingerprint density at radius 1 is 1.70 bits per heavy atom. The number of carbonyl (C=O) groups excluding carboxylic acids is 1. The van der Waals surface area contributed by atoms with Crippen LogP contribution in [0.5, 0.6) is 0 Å². The summed E-state index contributed by atoms with van der Waals surface area (Å²) in [5, 5.41) is 4.00. The molecular formula is C6H5BrN2O. The van der Waals surface area contributed by atoms with Gasteiger partial charge >= 0.3 is 0 Å². The topological polar surface area (TPSA) is 34.9 Å². The zero-order valence-corrected chi connectivity index (χ0v) is 6.76. The molecule has 0 amide bonds. The highest BCUT2D eigenvalue weighted by Crippen LogP contribution is 2.22. The molecule has 3 nitrogen and oxygen atoms in total. The second kappa shape index (κ2) is 1.92. The molecule has 0 unspecified atom stereocenters. The largest absolute Gasteiger partial charge is 0.292 e. The van der Waals surface area contributed by atoms with Gasteiger partial charge in [-0.25, -0.2) is 0 Å². The first-order valence-corrected chi connectivity index (χ1v) is 3.83. The molecule has 0 atom stereocenters. The fourth-order valence-corrected chi connectivity index (χ4v) is 1.65. The van der Waals surface area contributed by atoms with Crippen LogP contribution in [-0.4, -0.2) is 15.6 Å². The van der Waals surface area contributed by atoms with Crippen LogP contribution >= 0.6 is 15.9 Å². The number of hydrogen-bond donors (Lipinski definition) is 0. The summed E-state index contributed by atoms with van der Waals surface area (Å²) in [6, 6.07) is 0. The van der Waals surface area contributed by atoms with Crippen molar-refractivity contribution in [3.63, 3.8) is 0 Å². The minimum Gasteiger partial charge on any atom is -0.292 e. The molecule has 2 rings (SSSR count). The predicted molar refractivity (Wildman–Crippen MR) is 38.9 cm³/mol. The highest BCUT2D eigenvalue weighted by Gasteiger charge is 2.22. The molecule has 10 heavy (non-hydrogen) atoms. The molecule has 0 aliphatic carbocycles. The molecule has 0 saturated carbocycles. The third-order valence-electron chi connectivity index (χ3n) is 1.61. The van der Waals surface area contributed by atoms with Gasteiger partial charge in [0.05, 0.1) is 10.7 Å². The van der Waals surface area contributed by atoms with Gasteiger partial charge in [-0.15, -0.1) is 0 Å². The Morgan fingerprint density at radius 3 is 3.20 bits per heavy atom. The van der Waals surface area contributed by atoms with Gasteiger partial charge < -0.3 is 0 Å². The van der Waals surface area contributed by atoms with Gasteiger partial charge in [0.1, 0.15) is 5.69 Å². The van der Waals surface area contributed by atoms with E-state index in [1.54, 1.807) is 10.9 Å². The van der Waals surface area contributed by atoms with Crippen LogP contribution in [-0.2, 0) is 6.54 Å². The second-order valence-corrected chi connectivity index (χ2v) is 3.09. The first-order valence-electron chi connectivity index (χ1n) is 3.03. The maximum absolute atomic E-state index is 11.1. The van der Waals surface area contributed by atoms with Gasteiger partial charge in [0.2, 0.25) is 0 Å². The average molecular weight is 201 g/mol. The Morgan fingerprint density at radius 2 is 2.50 bits per heavy atom. The molecule has 1 aromatic rings. The molecule has 4 heteroatoms. The molecule has 0 bridgehead atoms. The van der Waals surface area contributed by atoms with Gasteiger partial charge in [0, 0.05) is 13.0 Å². The van der Waals surface area contributed by atoms with Crippen LogP contribution in [0.25, 0.3) is 0 Å². The van der Waals surface area contributed by atoms with Crippen molar-refractivity contribution in [2.75, 3.05) is 0 Å². The van der Waals surface area contributed by atoms with Crippen molar-refractivity contribution >= 4 is 21.7 Å². The minimum absolute atomic E-state index is 0.185. The number of aromatic nitrogens is 2. The first kappa shape index (κ1) is 6.09.